The van der Waals surface area contributed by atoms with Crippen LogP contribution >= 0.6 is 0 Å². The summed E-state index contributed by atoms with van der Waals surface area (Å²) in [6.45, 7) is 5.78. The maximum atomic E-state index is 4.53. The van der Waals surface area contributed by atoms with Gasteiger partial charge in [-0.25, -0.2) is 0 Å². The maximum Gasteiger partial charge on any atom is 0.0705 e. The van der Waals surface area contributed by atoms with E-state index in [4.69, 9.17) is 0 Å². The molecular formula is C19H26N2. The van der Waals surface area contributed by atoms with Crippen molar-refractivity contribution in [2.75, 3.05) is 6.54 Å². The molecule has 1 aromatic heterocycles. The van der Waals surface area contributed by atoms with Crippen LogP contribution in [0.4, 0.5) is 0 Å². The van der Waals surface area contributed by atoms with Gasteiger partial charge in [0.05, 0.1) is 5.52 Å². The van der Waals surface area contributed by atoms with Crippen LogP contribution in [0.2, 0.25) is 0 Å². The summed E-state index contributed by atoms with van der Waals surface area (Å²) in [6, 6.07) is 11.4. The maximum absolute atomic E-state index is 4.53. The Bertz CT molecular complexity index is 599. The summed E-state index contributed by atoms with van der Waals surface area (Å²) in [5, 5.41) is 5.03. The first-order valence-corrected chi connectivity index (χ1v) is 8.31. The van der Waals surface area contributed by atoms with Crippen LogP contribution in [-0.4, -0.2) is 11.5 Å². The van der Waals surface area contributed by atoms with E-state index in [0.717, 1.165) is 12.1 Å². The Morgan fingerprint density at radius 1 is 1.24 bits per heavy atom. The van der Waals surface area contributed by atoms with Gasteiger partial charge in [-0.1, -0.05) is 44.9 Å². The van der Waals surface area contributed by atoms with E-state index in [1.807, 2.05) is 12.3 Å². The predicted molar refractivity (Wildman–Crippen MR) is 89.4 cm³/mol. The molecule has 1 saturated carbocycles. The second-order valence-corrected chi connectivity index (χ2v) is 6.70. The molecule has 21 heavy (non-hydrogen) atoms. The fourth-order valence-corrected chi connectivity index (χ4v) is 3.79. The lowest BCUT2D eigenvalue weighted by Gasteiger charge is -2.35. The standard InChI is InChI=1S/C19H26N2/c1-3-12-21-18(19(2)10-4-5-11-19)16-9-8-15-7-6-13-20-17(15)14-16/h6-9,13-14,18,21H,3-5,10-12H2,1-2H3. The first kappa shape index (κ1) is 14.5. The molecule has 1 aliphatic carbocycles. The topological polar surface area (TPSA) is 24.9 Å². The molecule has 1 heterocycles. The SMILES string of the molecule is CCCNC(c1ccc2cccnc2c1)C1(C)CCCC1. The van der Waals surface area contributed by atoms with Crippen molar-refractivity contribution >= 4 is 10.9 Å². The van der Waals surface area contributed by atoms with Crippen molar-refractivity contribution < 1.29 is 0 Å². The van der Waals surface area contributed by atoms with E-state index in [1.54, 1.807) is 0 Å². The average Bonchev–Trinajstić information content (AvgIpc) is 2.95. The molecule has 3 rings (SSSR count). The molecule has 112 valence electrons. The van der Waals surface area contributed by atoms with Gasteiger partial charge in [0, 0.05) is 17.6 Å². The van der Waals surface area contributed by atoms with Crippen LogP contribution in [0.25, 0.3) is 10.9 Å². The Balaban J connectivity index is 1.96. The van der Waals surface area contributed by atoms with E-state index in [2.05, 4.69) is 48.4 Å². The summed E-state index contributed by atoms with van der Waals surface area (Å²) in [5.74, 6) is 0. The van der Waals surface area contributed by atoms with E-state index in [9.17, 15) is 0 Å². The zero-order chi connectivity index (χ0) is 14.7. The summed E-state index contributed by atoms with van der Waals surface area (Å²) >= 11 is 0. The van der Waals surface area contributed by atoms with Gasteiger partial charge in [0.2, 0.25) is 0 Å². The molecule has 2 aromatic rings. The number of nitrogens with zero attached hydrogens (tertiary/aromatic N) is 1. The summed E-state index contributed by atoms with van der Waals surface area (Å²) in [6.07, 6.45) is 8.46. The lowest BCUT2D eigenvalue weighted by atomic mass is 9.77. The van der Waals surface area contributed by atoms with Gasteiger partial charge in [-0.2, -0.15) is 0 Å². The first-order chi connectivity index (χ1) is 10.2. The molecular weight excluding hydrogens is 256 g/mol. The molecule has 1 unspecified atom stereocenters. The van der Waals surface area contributed by atoms with E-state index in [-0.39, 0.29) is 0 Å². The van der Waals surface area contributed by atoms with Gasteiger partial charge in [0.25, 0.3) is 0 Å². The Morgan fingerprint density at radius 2 is 2.05 bits per heavy atom. The minimum absolute atomic E-state index is 0.387. The van der Waals surface area contributed by atoms with E-state index >= 15 is 0 Å². The third kappa shape index (κ3) is 2.96. The van der Waals surface area contributed by atoms with Gasteiger partial charge in [0.1, 0.15) is 0 Å². The van der Waals surface area contributed by atoms with Crippen molar-refractivity contribution in [3.8, 4) is 0 Å². The van der Waals surface area contributed by atoms with Crippen LogP contribution in [0.1, 0.15) is 57.6 Å². The molecule has 0 saturated heterocycles. The van der Waals surface area contributed by atoms with Crippen LogP contribution in [0.5, 0.6) is 0 Å². The fraction of sp³-hybridized carbons (Fsp3) is 0.526. The fourth-order valence-electron chi connectivity index (χ4n) is 3.79. The van der Waals surface area contributed by atoms with Crippen LogP contribution < -0.4 is 5.32 Å². The van der Waals surface area contributed by atoms with Crippen LogP contribution in [0.15, 0.2) is 36.5 Å². The Labute approximate surface area is 128 Å². The molecule has 2 heteroatoms. The van der Waals surface area contributed by atoms with Crippen molar-refractivity contribution in [2.24, 2.45) is 5.41 Å². The smallest absolute Gasteiger partial charge is 0.0705 e. The summed E-state index contributed by atoms with van der Waals surface area (Å²) in [5.41, 5.74) is 2.90. The summed E-state index contributed by atoms with van der Waals surface area (Å²) < 4.78 is 0. The van der Waals surface area contributed by atoms with Gasteiger partial charge >= 0.3 is 0 Å². The quantitative estimate of drug-likeness (QED) is 0.847. The van der Waals surface area contributed by atoms with Crippen molar-refractivity contribution in [2.45, 2.75) is 52.0 Å². The molecule has 0 aliphatic heterocycles. The number of rotatable bonds is 5. The molecule has 1 atom stereocenters. The van der Waals surface area contributed by atoms with Crippen LogP contribution in [-0.2, 0) is 0 Å². The molecule has 1 aliphatic rings. The monoisotopic (exact) mass is 282 g/mol. The van der Waals surface area contributed by atoms with Gasteiger partial charge in [-0.15, -0.1) is 0 Å². The van der Waals surface area contributed by atoms with Crippen LogP contribution in [0, 0.1) is 5.41 Å². The summed E-state index contributed by atoms with van der Waals surface area (Å²) in [7, 11) is 0. The van der Waals surface area contributed by atoms with Crippen LogP contribution in [0.3, 0.4) is 0 Å². The number of hydrogen-bond acceptors (Lipinski definition) is 2. The minimum Gasteiger partial charge on any atom is -0.309 e. The second-order valence-electron chi connectivity index (χ2n) is 6.70. The molecule has 0 bridgehead atoms. The molecule has 1 N–H and O–H groups in total. The lowest BCUT2D eigenvalue weighted by molar-refractivity contribution is 0.224. The minimum atomic E-state index is 0.387. The zero-order valence-electron chi connectivity index (χ0n) is 13.2. The molecule has 1 fully saturated rings. The van der Waals surface area contributed by atoms with Crippen molar-refractivity contribution in [3.63, 3.8) is 0 Å². The zero-order valence-corrected chi connectivity index (χ0v) is 13.2. The number of nitrogens with one attached hydrogen (secondary N) is 1. The normalized spacial score (nSPS) is 19.0. The van der Waals surface area contributed by atoms with Crippen molar-refractivity contribution in [1.82, 2.24) is 10.3 Å². The molecule has 0 spiro atoms. The number of hydrogen-bond donors (Lipinski definition) is 1. The van der Waals surface area contributed by atoms with Crippen molar-refractivity contribution in [3.05, 3.63) is 42.1 Å². The van der Waals surface area contributed by atoms with Crippen molar-refractivity contribution in [1.29, 1.82) is 0 Å². The Morgan fingerprint density at radius 3 is 2.81 bits per heavy atom. The largest absolute Gasteiger partial charge is 0.309 e. The van der Waals surface area contributed by atoms with Gasteiger partial charge < -0.3 is 5.32 Å². The lowest BCUT2D eigenvalue weighted by Crippen LogP contribution is -2.35. The van der Waals surface area contributed by atoms with E-state index < -0.39 is 0 Å². The second kappa shape index (κ2) is 6.15. The van der Waals surface area contributed by atoms with Gasteiger partial charge in [-0.05, 0) is 48.9 Å². The number of fused-ring (bicyclic) bond motifs is 1. The molecule has 1 aromatic carbocycles. The van der Waals surface area contributed by atoms with E-state index in [0.29, 0.717) is 11.5 Å². The highest BCUT2D eigenvalue weighted by molar-refractivity contribution is 5.79. The molecule has 0 radical (unpaired) electrons. The average molecular weight is 282 g/mol. The molecule has 0 amide bonds. The van der Waals surface area contributed by atoms with E-state index in [1.165, 1.54) is 43.1 Å². The highest BCUT2D eigenvalue weighted by atomic mass is 14.9. The van der Waals surface area contributed by atoms with Gasteiger partial charge in [-0.3, -0.25) is 4.98 Å². The number of aromatic nitrogens is 1. The molecule has 2 nitrogen and oxygen atoms in total. The third-order valence-electron chi connectivity index (χ3n) is 5.00. The summed E-state index contributed by atoms with van der Waals surface area (Å²) in [4.78, 5) is 4.53. The number of benzene rings is 1. The Hall–Kier alpha value is -1.41. The third-order valence-corrected chi connectivity index (χ3v) is 5.00. The highest BCUT2D eigenvalue weighted by Gasteiger charge is 2.37. The predicted octanol–water partition coefficient (Wildman–Crippen LogP) is 4.86. The highest BCUT2D eigenvalue weighted by Crippen LogP contribution is 2.47. The Kier molecular flexibility index (Phi) is 4.25. The number of pyridine rings is 1. The first-order valence-electron chi connectivity index (χ1n) is 8.31. The van der Waals surface area contributed by atoms with Gasteiger partial charge in [0.15, 0.2) is 0 Å².